The first-order valence-electron chi connectivity index (χ1n) is 13.2. The number of benzene rings is 2. The van der Waals surface area contributed by atoms with Crippen LogP contribution in [0.4, 0.5) is 4.39 Å². The Bertz CT molecular complexity index is 1070. The molecule has 6 heteroatoms. The molecular weight excluding hydrogens is 455 g/mol. The van der Waals surface area contributed by atoms with Crippen molar-refractivity contribution in [3.8, 4) is 17.6 Å². The molecule has 0 bridgehead atoms. The largest absolute Gasteiger partial charge is 0.493 e. The van der Waals surface area contributed by atoms with Gasteiger partial charge in [-0.3, -0.25) is 4.79 Å². The maximum absolute atomic E-state index is 13.2. The first kappa shape index (κ1) is 26.2. The summed E-state index contributed by atoms with van der Waals surface area (Å²) in [7, 11) is 3.26. The third-order valence-corrected chi connectivity index (χ3v) is 8.28. The number of rotatable bonds is 10. The molecule has 1 saturated heterocycles. The topological polar surface area (TPSA) is 62.6 Å². The fraction of sp³-hybridized carbons (Fsp3) is 0.533. The lowest BCUT2D eigenvalue weighted by Crippen LogP contribution is -2.38. The molecule has 2 fully saturated rings. The van der Waals surface area contributed by atoms with Crippen molar-refractivity contribution in [3.05, 3.63) is 59.4 Å². The van der Waals surface area contributed by atoms with Crippen LogP contribution < -0.4 is 9.47 Å². The minimum absolute atomic E-state index is 0.00448. The van der Waals surface area contributed by atoms with Gasteiger partial charge < -0.3 is 14.4 Å². The Hall–Kier alpha value is -2.91. The minimum atomic E-state index is -0.535. The highest BCUT2D eigenvalue weighted by Gasteiger charge is 2.42. The Morgan fingerprint density at radius 3 is 2.31 bits per heavy atom. The van der Waals surface area contributed by atoms with E-state index in [-0.39, 0.29) is 17.5 Å². The summed E-state index contributed by atoms with van der Waals surface area (Å²) < 4.78 is 24.2. The number of nitrogens with zero attached hydrogens (tertiary/aromatic N) is 2. The predicted molar refractivity (Wildman–Crippen MR) is 138 cm³/mol. The van der Waals surface area contributed by atoms with Crippen LogP contribution in [0.15, 0.2) is 42.5 Å². The molecule has 0 amide bonds. The van der Waals surface area contributed by atoms with Crippen LogP contribution >= 0.6 is 0 Å². The number of nitriles is 1. The SMILES string of the molecule is COc1ccc(C(C#N)(CCCN2CCC(C(=O)c3ccc(F)cc3)CC2)C2CCCC2)cc1OC. The second-order valence-electron chi connectivity index (χ2n) is 10.2. The van der Waals surface area contributed by atoms with E-state index in [4.69, 9.17) is 9.47 Å². The number of hydrogen-bond acceptors (Lipinski definition) is 5. The van der Waals surface area contributed by atoms with E-state index in [0.717, 1.165) is 63.7 Å². The number of ether oxygens (including phenoxy) is 2. The van der Waals surface area contributed by atoms with Gasteiger partial charge in [-0.05, 0) is 106 Å². The Morgan fingerprint density at radius 1 is 1.03 bits per heavy atom. The standard InChI is InChI=1S/C30H37FN2O3/c1-35-27-13-10-25(20-28(27)36-2)30(21-32,24-6-3-4-7-24)16-5-17-33-18-14-23(15-19-33)29(34)22-8-11-26(31)12-9-22/h8-13,20,23-24H,3-7,14-19H2,1-2H3. The van der Waals surface area contributed by atoms with Gasteiger partial charge in [0, 0.05) is 11.5 Å². The van der Waals surface area contributed by atoms with Crippen molar-refractivity contribution in [2.24, 2.45) is 11.8 Å². The fourth-order valence-electron chi connectivity index (χ4n) is 6.18. The molecule has 1 heterocycles. The average Bonchev–Trinajstić information content (AvgIpc) is 3.47. The van der Waals surface area contributed by atoms with Crippen molar-refractivity contribution in [1.82, 2.24) is 4.90 Å². The molecule has 1 unspecified atom stereocenters. The van der Waals surface area contributed by atoms with Crippen molar-refractivity contribution in [3.63, 3.8) is 0 Å². The Kier molecular flexibility index (Phi) is 8.64. The maximum atomic E-state index is 13.2. The number of carbonyl (C=O) groups excluding carboxylic acids is 1. The number of likely N-dealkylation sites (tertiary alicyclic amines) is 1. The first-order chi connectivity index (χ1) is 17.5. The van der Waals surface area contributed by atoms with Crippen molar-refractivity contribution < 1.29 is 18.7 Å². The van der Waals surface area contributed by atoms with Gasteiger partial charge in [-0.1, -0.05) is 18.9 Å². The molecule has 1 atom stereocenters. The van der Waals surface area contributed by atoms with Crippen LogP contribution in [-0.2, 0) is 5.41 Å². The monoisotopic (exact) mass is 492 g/mol. The molecule has 4 rings (SSSR count). The highest BCUT2D eigenvalue weighted by Crippen LogP contribution is 2.47. The molecule has 0 aromatic heterocycles. The Labute approximate surface area is 214 Å². The number of hydrogen-bond donors (Lipinski definition) is 0. The molecule has 0 radical (unpaired) electrons. The minimum Gasteiger partial charge on any atom is -0.493 e. The molecule has 36 heavy (non-hydrogen) atoms. The molecule has 0 N–H and O–H groups in total. The summed E-state index contributed by atoms with van der Waals surface area (Å²) in [6.45, 7) is 2.66. The van der Waals surface area contributed by atoms with E-state index in [1.165, 1.54) is 25.0 Å². The number of halogens is 1. The van der Waals surface area contributed by atoms with E-state index in [0.29, 0.717) is 23.0 Å². The van der Waals surface area contributed by atoms with Gasteiger partial charge in [0.1, 0.15) is 5.82 Å². The van der Waals surface area contributed by atoms with E-state index in [1.807, 2.05) is 18.2 Å². The number of piperidine rings is 1. The fourth-order valence-corrected chi connectivity index (χ4v) is 6.18. The van der Waals surface area contributed by atoms with Crippen LogP contribution in [0.25, 0.3) is 0 Å². The molecule has 1 saturated carbocycles. The third kappa shape index (κ3) is 5.57. The molecule has 1 aliphatic heterocycles. The number of Topliss-reactive ketones (excluding diaryl/α,β-unsaturated/α-hetero) is 1. The summed E-state index contributed by atoms with van der Waals surface area (Å²) in [5.74, 6) is 1.49. The number of ketones is 1. The quantitative estimate of drug-likeness (QED) is 0.371. The molecular formula is C30H37FN2O3. The van der Waals surface area contributed by atoms with Gasteiger partial charge in [0.25, 0.3) is 0 Å². The van der Waals surface area contributed by atoms with Gasteiger partial charge in [-0.2, -0.15) is 5.26 Å². The Balaban J connectivity index is 1.39. The lowest BCUT2D eigenvalue weighted by Gasteiger charge is -2.36. The summed E-state index contributed by atoms with van der Waals surface area (Å²) in [5.41, 5.74) is 1.09. The summed E-state index contributed by atoms with van der Waals surface area (Å²) in [6.07, 6.45) is 7.88. The smallest absolute Gasteiger partial charge is 0.166 e. The normalized spacial score (nSPS) is 18.9. The zero-order valence-electron chi connectivity index (χ0n) is 21.5. The van der Waals surface area contributed by atoms with Crippen LogP contribution in [0.5, 0.6) is 11.5 Å². The van der Waals surface area contributed by atoms with Crippen LogP contribution in [0.3, 0.4) is 0 Å². The van der Waals surface area contributed by atoms with Crippen molar-refractivity contribution >= 4 is 5.78 Å². The van der Waals surface area contributed by atoms with Crippen LogP contribution in [0.1, 0.15) is 67.3 Å². The summed E-state index contributed by atoms with van der Waals surface area (Å²) >= 11 is 0. The van der Waals surface area contributed by atoms with E-state index in [9.17, 15) is 14.4 Å². The molecule has 2 aromatic carbocycles. The van der Waals surface area contributed by atoms with Gasteiger partial charge in [0.15, 0.2) is 17.3 Å². The van der Waals surface area contributed by atoms with Crippen molar-refractivity contribution in [2.75, 3.05) is 33.9 Å². The summed E-state index contributed by atoms with van der Waals surface area (Å²) in [6, 6.07) is 14.6. The lowest BCUT2D eigenvalue weighted by atomic mass is 9.67. The Morgan fingerprint density at radius 2 is 1.69 bits per heavy atom. The second-order valence-corrected chi connectivity index (χ2v) is 10.2. The summed E-state index contributed by atoms with van der Waals surface area (Å²) in [4.78, 5) is 15.2. The van der Waals surface area contributed by atoms with E-state index >= 15 is 0 Å². The van der Waals surface area contributed by atoms with Gasteiger partial charge in [-0.25, -0.2) is 4.39 Å². The van der Waals surface area contributed by atoms with Crippen LogP contribution in [0.2, 0.25) is 0 Å². The highest BCUT2D eigenvalue weighted by atomic mass is 19.1. The van der Waals surface area contributed by atoms with Gasteiger partial charge in [0.05, 0.1) is 25.7 Å². The van der Waals surface area contributed by atoms with E-state index < -0.39 is 5.41 Å². The zero-order valence-corrected chi connectivity index (χ0v) is 21.5. The van der Waals surface area contributed by atoms with E-state index in [2.05, 4.69) is 11.0 Å². The molecule has 2 aliphatic rings. The summed E-state index contributed by atoms with van der Waals surface area (Å²) in [5, 5.41) is 10.5. The van der Waals surface area contributed by atoms with E-state index in [1.54, 1.807) is 26.4 Å². The van der Waals surface area contributed by atoms with Crippen LogP contribution in [-0.4, -0.2) is 44.5 Å². The van der Waals surface area contributed by atoms with Crippen molar-refractivity contribution in [1.29, 1.82) is 5.26 Å². The van der Waals surface area contributed by atoms with Gasteiger partial charge >= 0.3 is 0 Å². The third-order valence-electron chi connectivity index (χ3n) is 8.28. The zero-order chi connectivity index (χ0) is 25.5. The maximum Gasteiger partial charge on any atom is 0.166 e. The van der Waals surface area contributed by atoms with Gasteiger partial charge in [-0.15, -0.1) is 0 Å². The van der Waals surface area contributed by atoms with Gasteiger partial charge in [0.2, 0.25) is 0 Å². The highest BCUT2D eigenvalue weighted by molar-refractivity contribution is 5.97. The number of carbonyl (C=O) groups is 1. The molecule has 192 valence electrons. The second kappa shape index (κ2) is 11.9. The number of methoxy groups -OCH3 is 2. The van der Waals surface area contributed by atoms with Crippen LogP contribution in [0, 0.1) is 29.0 Å². The predicted octanol–water partition coefficient (Wildman–Crippen LogP) is 6.17. The lowest BCUT2D eigenvalue weighted by molar-refractivity contribution is 0.0837. The average molecular weight is 493 g/mol. The molecule has 5 nitrogen and oxygen atoms in total. The van der Waals surface area contributed by atoms with Crippen molar-refractivity contribution in [2.45, 2.75) is 56.8 Å². The molecule has 1 aliphatic carbocycles. The first-order valence-corrected chi connectivity index (χ1v) is 13.2. The molecule has 2 aromatic rings. The molecule has 0 spiro atoms.